The largest absolute Gasteiger partial charge is 0.493 e. The van der Waals surface area contributed by atoms with Crippen molar-refractivity contribution in [1.29, 1.82) is 0 Å². The Morgan fingerprint density at radius 1 is 1.43 bits per heavy atom. The number of carboxylic acids is 1. The topological polar surface area (TPSA) is 75.6 Å². The fraction of sp³-hybridized carbons (Fsp3) is 0.500. The minimum absolute atomic E-state index is 0.0386. The Kier molecular flexibility index (Phi) is 4.50. The number of benzene rings is 1. The molecule has 0 bridgehead atoms. The van der Waals surface area contributed by atoms with Crippen molar-refractivity contribution in [3.05, 3.63) is 29.8 Å². The van der Waals surface area contributed by atoms with Crippen LogP contribution in [0.5, 0.6) is 5.75 Å². The number of hydrogen-bond acceptors (Lipinski definition) is 3. The lowest BCUT2D eigenvalue weighted by molar-refractivity contribution is -0.148. The predicted molar refractivity (Wildman–Crippen MR) is 78.2 cm³/mol. The molecule has 2 rings (SSSR count). The molecule has 1 saturated carbocycles. The number of amides is 1. The average molecular weight is 291 g/mol. The van der Waals surface area contributed by atoms with Crippen LogP contribution in [0.3, 0.4) is 0 Å². The normalized spacial score (nSPS) is 16.9. The fourth-order valence-electron chi connectivity index (χ4n) is 2.31. The fourth-order valence-corrected chi connectivity index (χ4v) is 2.31. The Hall–Kier alpha value is -2.04. The lowest BCUT2D eigenvalue weighted by atomic mass is 9.96. The number of aryl methyl sites for hydroxylation is 1. The molecule has 2 N–H and O–H groups in total. The number of hydrogen-bond donors (Lipinski definition) is 2. The van der Waals surface area contributed by atoms with Crippen molar-refractivity contribution in [3.63, 3.8) is 0 Å². The van der Waals surface area contributed by atoms with Crippen molar-refractivity contribution in [2.75, 3.05) is 6.61 Å². The molecule has 0 heterocycles. The van der Waals surface area contributed by atoms with Gasteiger partial charge in [-0.3, -0.25) is 4.79 Å². The van der Waals surface area contributed by atoms with Gasteiger partial charge in [-0.05, 0) is 50.3 Å². The molecule has 21 heavy (non-hydrogen) atoms. The van der Waals surface area contributed by atoms with E-state index in [-0.39, 0.29) is 24.9 Å². The van der Waals surface area contributed by atoms with E-state index in [1.165, 1.54) is 0 Å². The first-order chi connectivity index (χ1) is 9.91. The van der Waals surface area contributed by atoms with Crippen LogP contribution >= 0.6 is 0 Å². The first-order valence-electron chi connectivity index (χ1n) is 7.15. The standard InChI is InChI=1S/C16H21NO4/c1-11-4-3-5-13(10-11)21-9-8-14(18)17-16(2,15(19)20)12-6-7-12/h3-5,10,12H,6-9H2,1-2H3,(H,17,18)(H,19,20). The maximum Gasteiger partial charge on any atom is 0.329 e. The van der Waals surface area contributed by atoms with Gasteiger partial charge in [0.2, 0.25) is 5.91 Å². The first kappa shape index (κ1) is 15.4. The molecule has 1 fully saturated rings. The van der Waals surface area contributed by atoms with E-state index < -0.39 is 11.5 Å². The van der Waals surface area contributed by atoms with E-state index in [2.05, 4.69) is 5.32 Å². The molecule has 1 amide bonds. The minimum atomic E-state index is -1.15. The molecule has 114 valence electrons. The highest BCUT2D eigenvalue weighted by Gasteiger charge is 2.48. The van der Waals surface area contributed by atoms with Gasteiger partial charge in [-0.1, -0.05) is 12.1 Å². The Balaban J connectivity index is 1.80. The number of carboxylic acid groups (broad SMARTS) is 1. The van der Waals surface area contributed by atoms with Crippen LogP contribution in [-0.2, 0) is 9.59 Å². The van der Waals surface area contributed by atoms with E-state index in [1.807, 2.05) is 31.2 Å². The summed E-state index contributed by atoms with van der Waals surface area (Å²) in [7, 11) is 0. The zero-order valence-corrected chi connectivity index (χ0v) is 12.4. The third kappa shape index (κ3) is 3.97. The van der Waals surface area contributed by atoms with Gasteiger partial charge in [-0.15, -0.1) is 0 Å². The summed E-state index contributed by atoms with van der Waals surface area (Å²) < 4.78 is 5.50. The van der Waals surface area contributed by atoms with E-state index in [4.69, 9.17) is 4.74 Å². The van der Waals surface area contributed by atoms with Gasteiger partial charge in [0, 0.05) is 0 Å². The summed E-state index contributed by atoms with van der Waals surface area (Å²) in [5, 5.41) is 11.9. The van der Waals surface area contributed by atoms with Gasteiger partial charge in [0.15, 0.2) is 0 Å². The minimum Gasteiger partial charge on any atom is -0.493 e. The monoisotopic (exact) mass is 291 g/mol. The van der Waals surface area contributed by atoms with Gasteiger partial charge in [-0.2, -0.15) is 0 Å². The van der Waals surface area contributed by atoms with Gasteiger partial charge in [0.25, 0.3) is 0 Å². The lowest BCUT2D eigenvalue weighted by Gasteiger charge is -2.26. The van der Waals surface area contributed by atoms with E-state index in [0.29, 0.717) is 5.75 Å². The molecule has 0 aliphatic heterocycles. The number of nitrogens with one attached hydrogen (secondary N) is 1. The number of carbonyl (C=O) groups excluding carboxylic acids is 1. The SMILES string of the molecule is Cc1cccc(OCCC(=O)NC(C)(C(=O)O)C2CC2)c1. The van der Waals surface area contributed by atoms with E-state index in [9.17, 15) is 14.7 Å². The molecule has 0 aromatic heterocycles. The van der Waals surface area contributed by atoms with E-state index >= 15 is 0 Å². The summed E-state index contributed by atoms with van der Waals surface area (Å²) in [5.41, 5.74) is -0.0652. The molecule has 1 aliphatic rings. The van der Waals surface area contributed by atoms with Gasteiger partial charge in [-0.25, -0.2) is 4.79 Å². The zero-order valence-electron chi connectivity index (χ0n) is 12.4. The molecule has 0 radical (unpaired) electrons. The second kappa shape index (κ2) is 6.16. The highest BCUT2D eigenvalue weighted by molar-refractivity contribution is 5.87. The predicted octanol–water partition coefficient (Wildman–Crippen LogP) is 2.13. The maximum atomic E-state index is 11.9. The molecule has 5 heteroatoms. The molecular weight excluding hydrogens is 270 g/mol. The second-order valence-electron chi connectivity index (χ2n) is 5.74. The summed E-state index contributed by atoms with van der Waals surface area (Å²) in [4.78, 5) is 23.2. The third-order valence-corrected chi connectivity index (χ3v) is 3.82. The van der Waals surface area contributed by atoms with Crippen LogP contribution in [-0.4, -0.2) is 29.1 Å². The van der Waals surface area contributed by atoms with Crippen molar-refractivity contribution < 1.29 is 19.4 Å². The van der Waals surface area contributed by atoms with Gasteiger partial charge in [0.1, 0.15) is 11.3 Å². The summed E-state index contributed by atoms with van der Waals surface area (Å²) in [6.07, 6.45) is 1.84. The van der Waals surface area contributed by atoms with Crippen molar-refractivity contribution in [3.8, 4) is 5.75 Å². The van der Waals surface area contributed by atoms with Crippen molar-refractivity contribution >= 4 is 11.9 Å². The van der Waals surface area contributed by atoms with E-state index in [0.717, 1.165) is 18.4 Å². The molecule has 0 saturated heterocycles. The van der Waals surface area contributed by atoms with E-state index in [1.54, 1.807) is 6.92 Å². The van der Waals surface area contributed by atoms with Gasteiger partial charge in [0.05, 0.1) is 13.0 Å². The number of rotatable bonds is 7. The molecule has 1 aromatic rings. The summed E-state index contributed by atoms with van der Waals surface area (Å²) in [5.74, 6) is -0.514. The van der Waals surface area contributed by atoms with Crippen LogP contribution in [0.25, 0.3) is 0 Å². The quantitative estimate of drug-likeness (QED) is 0.807. The van der Waals surface area contributed by atoms with Crippen molar-refractivity contribution in [1.82, 2.24) is 5.32 Å². The number of ether oxygens (including phenoxy) is 1. The lowest BCUT2D eigenvalue weighted by Crippen LogP contribution is -2.54. The summed E-state index contributed by atoms with van der Waals surface area (Å²) in [6.45, 7) is 3.77. The summed E-state index contributed by atoms with van der Waals surface area (Å²) in [6, 6.07) is 7.58. The van der Waals surface area contributed by atoms with Crippen LogP contribution in [0, 0.1) is 12.8 Å². The van der Waals surface area contributed by atoms with Crippen molar-refractivity contribution in [2.24, 2.45) is 5.92 Å². The Morgan fingerprint density at radius 3 is 2.71 bits per heavy atom. The Labute approximate surface area is 124 Å². The molecule has 1 atom stereocenters. The second-order valence-corrected chi connectivity index (χ2v) is 5.74. The Morgan fingerprint density at radius 2 is 2.14 bits per heavy atom. The third-order valence-electron chi connectivity index (χ3n) is 3.82. The molecule has 1 unspecified atom stereocenters. The highest BCUT2D eigenvalue weighted by Crippen LogP contribution is 2.39. The Bertz CT molecular complexity index is 539. The molecule has 1 aromatic carbocycles. The highest BCUT2D eigenvalue weighted by atomic mass is 16.5. The van der Waals surface area contributed by atoms with Crippen LogP contribution in [0.15, 0.2) is 24.3 Å². The van der Waals surface area contributed by atoms with Crippen LogP contribution in [0.1, 0.15) is 31.7 Å². The van der Waals surface area contributed by atoms with Gasteiger partial charge < -0.3 is 15.2 Å². The first-order valence-corrected chi connectivity index (χ1v) is 7.15. The molecule has 0 spiro atoms. The van der Waals surface area contributed by atoms with Crippen LogP contribution < -0.4 is 10.1 Å². The average Bonchev–Trinajstić information content (AvgIpc) is 3.23. The maximum absolute atomic E-state index is 11.9. The van der Waals surface area contributed by atoms with Crippen LogP contribution in [0.2, 0.25) is 0 Å². The van der Waals surface area contributed by atoms with Crippen LogP contribution in [0.4, 0.5) is 0 Å². The molecular formula is C16H21NO4. The molecule has 5 nitrogen and oxygen atoms in total. The zero-order chi connectivity index (χ0) is 15.5. The summed E-state index contributed by atoms with van der Waals surface area (Å²) >= 11 is 0. The van der Waals surface area contributed by atoms with Gasteiger partial charge >= 0.3 is 5.97 Å². The number of aliphatic carboxylic acids is 1. The number of carbonyl (C=O) groups is 2. The molecule has 1 aliphatic carbocycles. The smallest absolute Gasteiger partial charge is 0.329 e. The van der Waals surface area contributed by atoms with Crippen molar-refractivity contribution in [2.45, 2.75) is 38.6 Å².